The van der Waals surface area contributed by atoms with Crippen LogP contribution >= 0.6 is 23.2 Å². The van der Waals surface area contributed by atoms with Crippen LogP contribution in [0, 0.1) is 5.92 Å². The molecule has 6 nitrogen and oxygen atoms in total. The number of benzene rings is 3. The largest absolute Gasteiger partial charge is 0.493 e. The lowest BCUT2D eigenvalue weighted by Crippen LogP contribution is -2.29. The van der Waals surface area contributed by atoms with E-state index in [2.05, 4.69) is 13.8 Å². The molecule has 0 aliphatic carbocycles. The molecule has 0 bridgehead atoms. The number of rotatable bonds is 6. The third kappa shape index (κ3) is 4.21. The van der Waals surface area contributed by atoms with Crippen LogP contribution in [-0.2, 0) is 0 Å². The van der Waals surface area contributed by atoms with Crippen molar-refractivity contribution in [2.75, 3.05) is 18.6 Å². The van der Waals surface area contributed by atoms with Crippen molar-refractivity contribution in [1.29, 1.82) is 0 Å². The van der Waals surface area contributed by atoms with Crippen molar-refractivity contribution in [1.82, 2.24) is 0 Å². The first-order valence-electron chi connectivity index (χ1n) is 11.4. The smallest absolute Gasteiger partial charge is 0.295 e. The van der Waals surface area contributed by atoms with Crippen LogP contribution in [0.2, 0.25) is 10.0 Å². The molecule has 8 heteroatoms. The summed E-state index contributed by atoms with van der Waals surface area (Å²) in [5.74, 6) is 0.945. The number of anilines is 1. The number of hydrogen-bond donors (Lipinski definition) is 0. The molecule has 0 fully saturated rings. The maximum atomic E-state index is 13.8. The summed E-state index contributed by atoms with van der Waals surface area (Å²) in [6.07, 6.45) is 0. The molecule has 0 saturated heterocycles. The van der Waals surface area contributed by atoms with Gasteiger partial charge in [0, 0.05) is 15.7 Å². The van der Waals surface area contributed by atoms with Crippen LogP contribution in [0.4, 0.5) is 5.69 Å². The number of ether oxygens (including phenoxy) is 2. The Labute approximate surface area is 217 Å². The summed E-state index contributed by atoms with van der Waals surface area (Å²) in [5.41, 5.74) is 1.38. The predicted octanol–water partition coefficient (Wildman–Crippen LogP) is 6.89. The normalized spacial score (nSPS) is 15.0. The zero-order valence-electron chi connectivity index (χ0n) is 19.9. The van der Waals surface area contributed by atoms with Gasteiger partial charge in [0.1, 0.15) is 5.58 Å². The quantitative estimate of drug-likeness (QED) is 0.275. The monoisotopic (exact) mass is 523 g/mol. The molecule has 1 aromatic heterocycles. The molecular weight excluding hydrogens is 501 g/mol. The molecule has 0 saturated carbocycles. The van der Waals surface area contributed by atoms with E-state index in [0.29, 0.717) is 56.3 Å². The molecule has 1 aliphatic rings. The zero-order valence-corrected chi connectivity index (χ0v) is 21.4. The maximum Gasteiger partial charge on any atom is 0.295 e. The fourth-order valence-electron chi connectivity index (χ4n) is 4.38. The topological polar surface area (TPSA) is 69.0 Å². The summed E-state index contributed by atoms with van der Waals surface area (Å²) in [5, 5.41) is 1.16. The molecule has 0 spiro atoms. The van der Waals surface area contributed by atoms with Gasteiger partial charge >= 0.3 is 0 Å². The molecule has 1 amide bonds. The van der Waals surface area contributed by atoms with Gasteiger partial charge in [0.05, 0.1) is 30.7 Å². The highest BCUT2D eigenvalue weighted by Gasteiger charge is 2.44. The molecule has 184 valence electrons. The van der Waals surface area contributed by atoms with E-state index in [1.807, 2.05) is 6.07 Å². The van der Waals surface area contributed by atoms with E-state index in [4.69, 9.17) is 37.1 Å². The van der Waals surface area contributed by atoms with E-state index in [0.717, 1.165) is 0 Å². The fourth-order valence-corrected chi connectivity index (χ4v) is 4.74. The van der Waals surface area contributed by atoms with Gasteiger partial charge in [-0.3, -0.25) is 14.5 Å². The van der Waals surface area contributed by atoms with E-state index >= 15 is 0 Å². The predicted molar refractivity (Wildman–Crippen MR) is 141 cm³/mol. The van der Waals surface area contributed by atoms with E-state index in [9.17, 15) is 9.59 Å². The van der Waals surface area contributed by atoms with Gasteiger partial charge in [0.25, 0.3) is 5.91 Å². The molecule has 1 atom stereocenters. The van der Waals surface area contributed by atoms with Crippen LogP contribution in [0.15, 0.2) is 69.9 Å². The Balaban J connectivity index is 1.74. The Kier molecular flexibility index (Phi) is 6.41. The SMILES string of the molecule is COc1cc(C2c3c(oc4ccc(Cl)cc4c3=O)C(=O)N2c2cccc(Cl)c2)ccc1OCC(C)C. The molecule has 36 heavy (non-hydrogen) atoms. The molecular formula is C28H23Cl2NO5. The summed E-state index contributed by atoms with van der Waals surface area (Å²) in [6, 6.07) is 16.3. The first-order chi connectivity index (χ1) is 17.3. The molecule has 0 N–H and O–H groups in total. The van der Waals surface area contributed by atoms with Gasteiger partial charge < -0.3 is 13.9 Å². The van der Waals surface area contributed by atoms with Crippen LogP contribution in [0.1, 0.15) is 41.6 Å². The summed E-state index contributed by atoms with van der Waals surface area (Å²) in [6.45, 7) is 4.63. The Bertz CT molecular complexity index is 1550. The van der Waals surface area contributed by atoms with Crippen LogP contribution in [0.25, 0.3) is 11.0 Å². The number of methoxy groups -OCH3 is 1. The van der Waals surface area contributed by atoms with Crippen molar-refractivity contribution in [2.24, 2.45) is 5.92 Å². The minimum absolute atomic E-state index is 0.0149. The van der Waals surface area contributed by atoms with E-state index in [-0.39, 0.29) is 16.8 Å². The average molecular weight is 524 g/mol. The minimum atomic E-state index is -0.779. The van der Waals surface area contributed by atoms with Crippen molar-refractivity contribution >= 4 is 45.8 Å². The van der Waals surface area contributed by atoms with Gasteiger partial charge in [-0.1, -0.05) is 49.2 Å². The number of carbonyl (C=O) groups excluding carboxylic acids is 1. The fraction of sp³-hybridized carbons (Fsp3) is 0.214. The van der Waals surface area contributed by atoms with Gasteiger partial charge in [0.15, 0.2) is 16.9 Å². The van der Waals surface area contributed by atoms with Gasteiger partial charge in [-0.2, -0.15) is 0 Å². The van der Waals surface area contributed by atoms with Gasteiger partial charge in [-0.05, 0) is 60.0 Å². The molecule has 5 rings (SSSR count). The Morgan fingerprint density at radius 2 is 1.75 bits per heavy atom. The van der Waals surface area contributed by atoms with E-state index < -0.39 is 11.9 Å². The maximum absolute atomic E-state index is 13.8. The molecule has 4 aromatic rings. The molecule has 3 aromatic carbocycles. The highest BCUT2D eigenvalue weighted by atomic mass is 35.5. The number of carbonyl (C=O) groups is 1. The highest BCUT2D eigenvalue weighted by molar-refractivity contribution is 6.31. The molecule has 1 aliphatic heterocycles. The lowest BCUT2D eigenvalue weighted by molar-refractivity contribution is 0.0971. The van der Waals surface area contributed by atoms with Crippen LogP contribution < -0.4 is 19.8 Å². The second-order valence-electron chi connectivity index (χ2n) is 8.99. The summed E-state index contributed by atoms with van der Waals surface area (Å²) >= 11 is 12.4. The minimum Gasteiger partial charge on any atom is -0.493 e. The highest BCUT2D eigenvalue weighted by Crippen LogP contribution is 2.43. The summed E-state index contributed by atoms with van der Waals surface area (Å²) < 4.78 is 17.5. The standard InChI is InChI=1S/C28H23Cl2NO5/c1-15(2)14-35-22-9-7-16(11-23(22)34-3)25-24-26(32)20-13-18(30)8-10-21(20)36-27(24)28(33)31(25)19-6-4-5-17(29)12-19/h4-13,15,25H,14H2,1-3H3. The summed E-state index contributed by atoms with van der Waals surface area (Å²) in [4.78, 5) is 29.0. The lowest BCUT2D eigenvalue weighted by atomic mass is 9.97. The first kappa shape index (κ1) is 24.2. The Morgan fingerprint density at radius 1 is 0.972 bits per heavy atom. The number of hydrogen-bond acceptors (Lipinski definition) is 5. The number of nitrogens with zero attached hydrogens (tertiary/aromatic N) is 1. The van der Waals surface area contributed by atoms with Crippen molar-refractivity contribution < 1.29 is 18.7 Å². The van der Waals surface area contributed by atoms with Gasteiger partial charge in [0.2, 0.25) is 5.76 Å². The lowest BCUT2D eigenvalue weighted by Gasteiger charge is -2.26. The van der Waals surface area contributed by atoms with Gasteiger partial charge in [-0.15, -0.1) is 0 Å². The molecule has 0 radical (unpaired) electrons. The molecule has 1 unspecified atom stereocenters. The number of halogens is 2. The van der Waals surface area contributed by atoms with Crippen molar-refractivity contribution in [3.05, 3.63) is 97.8 Å². The third-order valence-corrected chi connectivity index (χ3v) is 6.46. The molecule has 2 heterocycles. The average Bonchev–Trinajstić information content (AvgIpc) is 3.15. The Morgan fingerprint density at radius 3 is 2.47 bits per heavy atom. The van der Waals surface area contributed by atoms with Crippen molar-refractivity contribution in [2.45, 2.75) is 19.9 Å². The van der Waals surface area contributed by atoms with Crippen molar-refractivity contribution in [3.63, 3.8) is 0 Å². The number of amides is 1. The third-order valence-electron chi connectivity index (χ3n) is 5.99. The second-order valence-corrected chi connectivity index (χ2v) is 9.86. The number of fused-ring (bicyclic) bond motifs is 2. The second kappa shape index (κ2) is 9.52. The Hall–Kier alpha value is -3.48. The zero-order chi connectivity index (χ0) is 25.6. The first-order valence-corrected chi connectivity index (χ1v) is 12.2. The van der Waals surface area contributed by atoms with E-state index in [1.165, 1.54) is 4.90 Å². The van der Waals surface area contributed by atoms with Crippen LogP contribution in [-0.4, -0.2) is 19.6 Å². The van der Waals surface area contributed by atoms with E-state index in [1.54, 1.807) is 61.7 Å². The van der Waals surface area contributed by atoms with Crippen molar-refractivity contribution in [3.8, 4) is 11.5 Å². The van der Waals surface area contributed by atoms with Crippen LogP contribution in [0.3, 0.4) is 0 Å². The summed E-state index contributed by atoms with van der Waals surface area (Å²) in [7, 11) is 1.55. The van der Waals surface area contributed by atoms with Crippen LogP contribution in [0.5, 0.6) is 11.5 Å². The van der Waals surface area contributed by atoms with Gasteiger partial charge in [-0.25, -0.2) is 0 Å².